The summed E-state index contributed by atoms with van der Waals surface area (Å²) in [4.78, 5) is 1.14. The van der Waals surface area contributed by atoms with Crippen molar-refractivity contribution in [1.82, 2.24) is 0 Å². The molecule has 0 bridgehead atoms. The number of halogens is 1. The summed E-state index contributed by atoms with van der Waals surface area (Å²) in [5, 5.41) is 2.09. The van der Waals surface area contributed by atoms with E-state index in [-0.39, 0.29) is 0 Å². The van der Waals surface area contributed by atoms with Gasteiger partial charge in [0.2, 0.25) is 0 Å². The van der Waals surface area contributed by atoms with E-state index in [1.807, 2.05) is 0 Å². The maximum absolute atomic E-state index is 3.76. The highest BCUT2D eigenvalue weighted by molar-refractivity contribution is 14.1. The van der Waals surface area contributed by atoms with Crippen molar-refractivity contribution in [2.45, 2.75) is 0 Å². The molecule has 0 aliphatic heterocycles. The second-order valence-electron chi connectivity index (χ2n) is 1.23. The average molecular weight is 223 g/mol. The third-order valence-electron chi connectivity index (χ3n) is 0.622. The third kappa shape index (κ3) is 1.42. The maximum atomic E-state index is 3.76. The minimum absolute atomic E-state index is 1.14. The van der Waals surface area contributed by atoms with Crippen molar-refractivity contribution < 1.29 is 0 Å². The zero-order chi connectivity index (χ0) is 5.28. The van der Waals surface area contributed by atoms with Gasteiger partial charge in [-0.15, -0.1) is 11.3 Å². The largest absolute Gasteiger partial charge is 0.148 e. The summed E-state index contributed by atoms with van der Waals surface area (Å²) in [5.41, 5.74) is 0. The number of rotatable bonds is 0. The summed E-state index contributed by atoms with van der Waals surface area (Å²) < 4.78 is 1.28. The summed E-state index contributed by atoms with van der Waals surface area (Å²) in [6.07, 6.45) is 0. The van der Waals surface area contributed by atoms with E-state index in [0.717, 1.165) is 4.88 Å². The summed E-state index contributed by atoms with van der Waals surface area (Å²) in [6, 6.07) is 2.06. The summed E-state index contributed by atoms with van der Waals surface area (Å²) in [5.74, 6) is 0. The van der Waals surface area contributed by atoms with E-state index in [4.69, 9.17) is 0 Å². The fraction of sp³-hybridized carbons (Fsp3) is 0. The molecule has 1 rings (SSSR count). The van der Waals surface area contributed by atoms with Gasteiger partial charge in [0.15, 0.2) is 0 Å². The molecule has 0 saturated heterocycles. The van der Waals surface area contributed by atoms with Gasteiger partial charge in [-0.1, -0.05) is 0 Å². The lowest BCUT2D eigenvalue weighted by atomic mass is 10.5. The molecular weight excluding hydrogens is 219 g/mol. The zero-order valence-corrected chi connectivity index (χ0v) is 6.62. The second-order valence-corrected chi connectivity index (χ2v) is 3.47. The van der Waals surface area contributed by atoms with Gasteiger partial charge in [0.25, 0.3) is 0 Å². The summed E-state index contributed by atoms with van der Waals surface area (Å²) in [7, 11) is 0. The second kappa shape index (κ2) is 2.13. The fourth-order valence-corrected chi connectivity index (χ4v) is 1.85. The molecule has 1 aromatic rings. The van der Waals surface area contributed by atoms with Gasteiger partial charge in [-0.2, -0.15) is 0 Å². The molecule has 0 amide bonds. The lowest BCUT2D eigenvalue weighted by molar-refractivity contribution is 1.81. The molecule has 0 atom stereocenters. The Morgan fingerprint density at radius 1 is 1.71 bits per heavy atom. The number of hydrogen-bond acceptors (Lipinski definition) is 1. The van der Waals surface area contributed by atoms with Crippen molar-refractivity contribution >= 4 is 33.9 Å². The van der Waals surface area contributed by atoms with Crippen LogP contribution < -0.4 is 0 Å². The van der Waals surface area contributed by atoms with Gasteiger partial charge in [-0.05, 0) is 35.6 Å². The third-order valence-corrected chi connectivity index (χ3v) is 2.46. The monoisotopic (exact) mass is 223 g/mol. The first-order chi connectivity index (χ1) is 3.29. The molecule has 0 nitrogen and oxygen atoms in total. The Balaban J connectivity index is 3.04. The van der Waals surface area contributed by atoms with Crippen LogP contribution in [0.1, 0.15) is 4.88 Å². The summed E-state index contributed by atoms with van der Waals surface area (Å²) >= 11 is 3.96. The van der Waals surface area contributed by atoms with E-state index in [9.17, 15) is 0 Å². The molecule has 7 heavy (non-hydrogen) atoms. The SMILES string of the molecule is [CH2]c1cc(I)cs1. The molecule has 0 saturated carbocycles. The summed E-state index contributed by atoms with van der Waals surface area (Å²) in [6.45, 7) is 3.76. The molecule has 1 heterocycles. The van der Waals surface area contributed by atoms with Crippen LogP contribution in [0.25, 0.3) is 0 Å². The Hall–Kier alpha value is 0.430. The predicted molar refractivity (Wildman–Crippen MR) is 41.5 cm³/mol. The van der Waals surface area contributed by atoms with Crippen LogP contribution in [0.4, 0.5) is 0 Å². The molecule has 0 aromatic carbocycles. The zero-order valence-electron chi connectivity index (χ0n) is 3.65. The number of hydrogen-bond donors (Lipinski definition) is 0. The topological polar surface area (TPSA) is 0 Å². The van der Waals surface area contributed by atoms with Crippen LogP contribution >= 0.6 is 33.9 Å². The van der Waals surface area contributed by atoms with Crippen molar-refractivity contribution in [2.24, 2.45) is 0 Å². The first-order valence-corrected chi connectivity index (χ1v) is 3.81. The van der Waals surface area contributed by atoms with Crippen LogP contribution in [0.5, 0.6) is 0 Å². The quantitative estimate of drug-likeness (QED) is 0.593. The first-order valence-electron chi connectivity index (χ1n) is 1.85. The van der Waals surface area contributed by atoms with Crippen molar-refractivity contribution in [2.75, 3.05) is 0 Å². The molecule has 1 aromatic heterocycles. The average Bonchev–Trinajstić information content (AvgIpc) is 1.87. The van der Waals surface area contributed by atoms with Crippen molar-refractivity contribution in [3.63, 3.8) is 0 Å². The van der Waals surface area contributed by atoms with Crippen molar-refractivity contribution in [3.8, 4) is 0 Å². The van der Waals surface area contributed by atoms with Gasteiger partial charge in [-0.3, -0.25) is 0 Å². The standard InChI is InChI=1S/C5H4IS/c1-4-2-5(6)3-7-4/h2-3H,1H2. The van der Waals surface area contributed by atoms with Crippen LogP contribution in [-0.2, 0) is 0 Å². The molecule has 0 aliphatic carbocycles. The number of thiophene rings is 1. The minimum atomic E-state index is 1.14. The van der Waals surface area contributed by atoms with Crippen LogP contribution in [0.15, 0.2) is 11.4 Å². The first kappa shape index (κ1) is 5.56. The van der Waals surface area contributed by atoms with E-state index >= 15 is 0 Å². The highest BCUT2D eigenvalue weighted by Gasteiger charge is 1.86. The van der Waals surface area contributed by atoms with Gasteiger partial charge in [0.05, 0.1) is 0 Å². The van der Waals surface area contributed by atoms with Gasteiger partial charge in [0.1, 0.15) is 0 Å². The van der Waals surface area contributed by atoms with E-state index in [0.29, 0.717) is 0 Å². The minimum Gasteiger partial charge on any atom is -0.148 e. The molecule has 1 radical (unpaired) electrons. The molecule has 0 fully saturated rings. The smallest absolute Gasteiger partial charge is 0.0240 e. The van der Waals surface area contributed by atoms with Crippen LogP contribution in [-0.4, -0.2) is 0 Å². The van der Waals surface area contributed by atoms with Gasteiger partial charge in [0, 0.05) is 13.8 Å². The van der Waals surface area contributed by atoms with Crippen molar-refractivity contribution in [1.29, 1.82) is 0 Å². The Labute approximate surface area is 60.7 Å². The van der Waals surface area contributed by atoms with Gasteiger partial charge < -0.3 is 0 Å². The fourth-order valence-electron chi connectivity index (χ4n) is 0.354. The molecule has 37 valence electrons. The molecule has 0 unspecified atom stereocenters. The van der Waals surface area contributed by atoms with Crippen molar-refractivity contribution in [3.05, 3.63) is 26.8 Å². The molecular formula is C5H4IS. The normalized spacial score (nSPS) is 9.43. The Morgan fingerprint density at radius 3 is 2.57 bits per heavy atom. The van der Waals surface area contributed by atoms with Crippen LogP contribution in [0, 0.1) is 10.5 Å². The Bertz CT molecular complexity index is 140. The Kier molecular flexibility index (Phi) is 1.69. The predicted octanol–water partition coefficient (Wildman–Crippen LogP) is 2.53. The highest BCUT2D eigenvalue weighted by Crippen LogP contribution is 2.13. The molecule has 2 heteroatoms. The Morgan fingerprint density at radius 2 is 2.43 bits per heavy atom. The van der Waals surface area contributed by atoms with Crippen LogP contribution in [0.2, 0.25) is 0 Å². The van der Waals surface area contributed by atoms with Gasteiger partial charge in [-0.25, -0.2) is 0 Å². The van der Waals surface area contributed by atoms with E-state index in [1.165, 1.54) is 3.57 Å². The van der Waals surface area contributed by atoms with E-state index < -0.39 is 0 Å². The van der Waals surface area contributed by atoms with Gasteiger partial charge >= 0.3 is 0 Å². The highest BCUT2D eigenvalue weighted by atomic mass is 127. The molecule has 0 N–H and O–H groups in total. The van der Waals surface area contributed by atoms with E-state index in [1.54, 1.807) is 11.3 Å². The van der Waals surface area contributed by atoms with E-state index in [2.05, 4.69) is 41.0 Å². The lowest BCUT2D eigenvalue weighted by Gasteiger charge is -1.68. The molecule has 0 aliphatic rings. The van der Waals surface area contributed by atoms with Crippen LogP contribution in [0.3, 0.4) is 0 Å². The maximum Gasteiger partial charge on any atom is 0.0240 e. The lowest BCUT2D eigenvalue weighted by Crippen LogP contribution is -1.51. The molecule has 0 spiro atoms.